The van der Waals surface area contributed by atoms with Crippen molar-refractivity contribution < 1.29 is 4.79 Å². The van der Waals surface area contributed by atoms with Crippen molar-refractivity contribution in [1.29, 1.82) is 0 Å². The number of nitrogens with zero attached hydrogens (tertiary/aromatic N) is 2. The van der Waals surface area contributed by atoms with Gasteiger partial charge in [0.25, 0.3) is 0 Å². The Morgan fingerprint density at radius 2 is 2.00 bits per heavy atom. The summed E-state index contributed by atoms with van der Waals surface area (Å²) in [7, 11) is 1.79. The maximum Gasteiger partial charge on any atom is 0.222 e. The fourth-order valence-corrected chi connectivity index (χ4v) is 3.54. The van der Waals surface area contributed by atoms with E-state index in [0.717, 1.165) is 38.4 Å². The summed E-state index contributed by atoms with van der Waals surface area (Å²) in [6, 6.07) is 15.2. The lowest BCUT2D eigenvalue weighted by molar-refractivity contribution is -0.129. The van der Waals surface area contributed by atoms with Crippen molar-refractivity contribution in [2.75, 3.05) is 26.7 Å². The van der Waals surface area contributed by atoms with E-state index in [9.17, 15) is 4.79 Å². The first kappa shape index (κ1) is 21.5. The van der Waals surface area contributed by atoms with E-state index in [1.807, 2.05) is 11.8 Å². The molecule has 3 rings (SSSR count). The summed E-state index contributed by atoms with van der Waals surface area (Å²) in [5, 5.41) is 9.43. The molecule has 1 saturated heterocycles. The molecule has 0 spiro atoms. The smallest absolute Gasteiger partial charge is 0.222 e. The first-order chi connectivity index (χ1) is 12.7. The van der Waals surface area contributed by atoms with Crippen LogP contribution in [-0.2, 0) is 11.2 Å². The van der Waals surface area contributed by atoms with Crippen molar-refractivity contribution in [3.05, 3.63) is 48.0 Å². The van der Waals surface area contributed by atoms with E-state index >= 15 is 0 Å². The number of halogens is 1. The molecule has 0 radical (unpaired) electrons. The largest absolute Gasteiger partial charge is 0.356 e. The first-order valence-electron chi connectivity index (χ1n) is 9.43. The Bertz CT molecular complexity index is 787. The number of hydrogen-bond donors (Lipinski definition) is 2. The Kier molecular flexibility index (Phi) is 8.34. The third-order valence-electron chi connectivity index (χ3n) is 4.97. The average Bonchev–Trinajstić information content (AvgIpc) is 3.15. The highest BCUT2D eigenvalue weighted by molar-refractivity contribution is 14.0. The number of hydrogen-bond acceptors (Lipinski definition) is 2. The van der Waals surface area contributed by atoms with Crippen LogP contribution >= 0.6 is 24.0 Å². The maximum atomic E-state index is 11.8. The number of benzene rings is 2. The minimum atomic E-state index is 0. The van der Waals surface area contributed by atoms with Crippen LogP contribution in [0.1, 0.15) is 25.3 Å². The van der Waals surface area contributed by atoms with E-state index in [-0.39, 0.29) is 35.9 Å². The van der Waals surface area contributed by atoms with Crippen molar-refractivity contribution in [3.8, 4) is 0 Å². The molecule has 1 atom stereocenters. The molecule has 0 aliphatic carbocycles. The van der Waals surface area contributed by atoms with Crippen molar-refractivity contribution in [3.63, 3.8) is 0 Å². The summed E-state index contributed by atoms with van der Waals surface area (Å²) in [5.41, 5.74) is 1.34. The van der Waals surface area contributed by atoms with Crippen molar-refractivity contribution in [2.45, 2.75) is 32.2 Å². The van der Waals surface area contributed by atoms with Crippen LogP contribution in [0.4, 0.5) is 0 Å². The maximum absolute atomic E-state index is 11.8. The number of carbonyl (C=O) groups is 1. The number of amides is 1. The average molecular weight is 480 g/mol. The Labute approximate surface area is 178 Å². The SMILES string of the molecule is CCC(=O)N1CCC(NC(=NC)NCCc2cccc3ccccc23)C1.I. The number of nitrogens with one attached hydrogen (secondary N) is 2. The highest BCUT2D eigenvalue weighted by Gasteiger charge is 2.25. The van der Waals surface area contributed by atoms with Crippen LogP contribution in [0.3, 0.4) is 0 Å². The summed E-state index contributed by atoms with van der Waals surface area (Å²) >= 11 is 0. The van der Waals surface area contributed by atoms with E-state index in [1.165, 1.54) is 16.3 Å². The third-order valence-corrected chi connectivity index (χ3v) is 4.97. The minimum Gasteiger partial charge on any atom is -0.356 e. The molecule has 5 nitrogen and oxygen atoms in total. The summed E-state index contributed by atoms with van der Waals surface area (Å²) in [6.07, 6.45) is 2.48. The number of rotatable bonds is 5. The number of fused-ring (bicyclic) bond motifs is 1. The van der Waals surface area contributed by atoms with E-state index in [1.54, 1.807) is 7.05 Å². The molecule has 1 heterocycles. The van der Waals surface area contributed by atoms with Gasteiger partial charge in [-0.1, -0.05) is 49.4 Å². The second-order valence-electron chi connectivity index (χ2n) is 6.71. The Balaban J connectivity index is 0.00000261. The van der Waals surface area contributed by atoms with Gasteiger partial charge in [-0.3, -0.25) is 9.79 Å². The van der Waals surface area contributed by atoms with Gasteiger partial charge in [0.15, 0.2) is 5.96 Å². The van der Waals surface area contributed by atoms with Crippen LogP contribution in [0.15, 0.2) is 47.5 Å². The van der Waals surface area contributed by atoms with E-state index < -0.39 is 0 Å². The van der Waals surface area contributed by atoms with Gasteiger partial charge in [-0.15, -0.1) is 24.0 Å². The molecule has 27 heavy (non-hydrogen) atoms. The minimum absolute atomic E-state index is 0. The monoisotopic (exact) mass is 480 g/mol. The number of likely N-dealkylation sites (tertiary alicyclic amines) is 1. The molecule has 1 unspecified atom stereocenters. The third kappa shape index (κ3) is 5.57. The zero-order chi connectivity index (χ0) is 18.4. The van der Waals surface area contributed by atoms with Crippen molar-refractivity contribution >= 4 is 46.6 Å². The Hall–Kier alpha value is -1.83. The molecule has 2 aromatic rings. The fourth-order valence-electron chi connectivity index (χ4n) is 3.54. The van der Waals surface area contributed by atoms with E-state index in [0.29, 0.717) is 6.42 Å². The first-order valence-corrected chi connectivity index (χ1v) is 9.43. The molecule has 0 bridgehead atoms. The molecular formula is C21H29IN4O. The normalized spacial score (nSPS) is 16.9. The van der Waals surface area contributed by atoms with Gasteiger partial charge in [-0.25, -0.2) is 0 Å². The van der Waals surface area contributed by atoms with Crippen molar-refractivity contribution in [1.82, 2.24) is 15.5 Å². The molecule has 1 amide bonds. The number of carbonyl (C=O) groups excluding carboxylic acids is 1. The van der Waals surface area contributed by atoms with Crippen LogP contribution in [0.5, 0.6) is 0 Å². The molecule has 0 aromatic heterocycles. The quantitative estimate of drug-likeness (QED) is 0.393. The summed E-state index contributed by atoms with van der Waals surface area (Å²) in [5.74, 6) is 1.04. The van der Waals surface area contributed by atoms with Gasteiger partial charge in [0.05, 0.1) is 0 Å². The Morgan fingerprint density at radius 1 is 1.22 bits per heavy atom. The molecular weight excluding hydrogens is 451 g/mol. The molecule has 0 saturated carbocycles. The van der Waals surface area contributed by atoms with Gasteiger partial charge in [0.1, 0.15) is 0 Å². The summed E-state index contributed by atoms with van der Waals surface area (Å²) in [6.45, 7) is 4.32. The lowest BCUT2D eigenvalue weighted by Gasteiger charge is -2.19. The lowest BCUT2D eigenvalue weighted by Crippen LogP contribution is -2.45. The molecule has 1 fully saturated rings. The molecule has 1 aliphatic heterocycles. The number of guanidine groups is 1. The van der Waals surface area contributed by atoms with Crippen LogP contribution in [0, 0.1) is 0 Å². The van der Waals surface area contributed by atoms with Crippen LogP contribution in [-0.4, -0.2) is 49.5 Å². The molecule has 2 N–H and O–H groups in total. The predicted molar refractivity (Wildman–Crippen MR) is 123 cm³/mol. The molecule has 6 heteroatoms. The standard InChI is InChI=1S/C21H28N4O.HI/c1-3-20(26)25-14-12-18(15-25)24-21(22-2)23-13-11-17-9-6-8-16-7-4-5-10-19(16)17;/h4-10,18H,3,11-15H2,1-2H3,(H2,22,23,24);1H. The van der Waals surface area contributed by atoms with Gasteiger partial charge < -0.3 is 15.5 Å². The zero-order valence-corrected chi connectivity index (χ0v) is 18.4. The molecule has 146 valence electrons. The zero-order valence-electron chi connectivity index (χ0n) is 16.1. The van der Waals surface area contributed by atoms with Crippen LogP contribution in [0.25, 0.3) is 10.8 Å². The van der Waals surface area contributed by atoms with Gasteiger partial charge in [-0.2, -0.15) is 0 Å². The second kappa shape index (κ2) is 10.5. The van der Waals surface area contributed by atoms with Gasteiger partial charge >= 0.3 is 0 Å². The highest BCUT2D eigenvalue weighted by atomic mass is 127. The van der Waals surface area contributed by atoms with E-state index in [2.05, 4.69) is 58.1 Å². The molecule has 2 aromatic carbocycles. The Morgan fingerprint density at radius 3 is 2.78 bits per heavy atom. The molecule has 1 aliphatic rings. The highest BCUT2D eigenvalue weighted by Crippen LogP contribution is 2.18. The topological polar surface area (TPSA) is 56.7 Å². The van der Waals surface area contributed by atoms with Crippen molar-refractivity contribution in [2.24, 2.45) is 4.99 Å². The van der Waals surface area contributed by atoms with Gasteiger partial charge in [0.2, 0.25) is 5.91 Å². The second-order valence-corrected chi connectivity index (χ2v) is 6.71. The predicted octanol–water partition coefficient (Wildman–Crippen LogP) is 3.18. The van der Waals surface area contributed by atoms with Crippen LogP contribution in [0.2, 0.25) is 0 Å². The van der Waals surface area contributed by atoms with Crippen LogP contribution < -0.4 is 10.6 Å². The van der Waals surface area contributed by atoms with E-state index in [4.69, 9.17) is 0 Å². The lowest BCUT2D eigenvalue weighted by atomic mass is 10.0. The summed E-state index contributed by atoms with van der Waals surface area (Å²) < 4.78 is 0. The summed E-state index contributed by atoms with van der Waals surface area (Å²) in [4.78, 5) is 18.1. The fraction of sp³-hybridized carbons (Fsp3) is 0.429. The number of aliphatic imine (C=N–C) groups is 1. The van der Waals surface area contributed by atoms with Gasteiger partial charge in [-0.05, 0) is 29.2 Å². The van der Waals surface area contributed by atoms with Gasteiger partial charge in [0, 0.05) is 39.1 Å².